The molecule has 0 unspecified atom stereocenters. The van der Waals surface area contributed by atoms with E-state index in [1.807, 2.05) is 0 Å². The van der Waals surface area contributed by atoms with Crippen molar-refractivity contribution in [2.75, 3.05) is 0 Å². The first-order valence-corrected chi connectivity index (χ1v) is 6.15. The van der Waals surface area contributed by atoms with Crippen LogP contribution in [0.3, 0.4) is 0 Å². The van der Waals surface area contributed by atoms with Crippen molar-refractivity contribution in [2.45, 2.75) is 29.5 Å². The summed E-state index contributed by atoms with van der Waals surface area (Å²) in [6, 6.07) is 3.76. The molecule has 0 aromatic heterocycles. The highest BCUT2D eigenvalue weighted by Crippen LogP contribution is 2.41. The molecule has 2 N–H and O–H groups in total. The van der Waals surface area contributed by atoms with Gasteiger partial charge in [-0.25, -0.2) is 12.8 Å². The highest BCUT2D eigenvalue weighted by molar-refractivity contribution is 7.93. The van der Waals surface area contributed by atoms with E-state index in [4.69, 9.17) is 5.73 Å². The van der Waals surface area contributed by atoms with Crippen LogP contribution in [-0.4, -0.2) is 13.3 Å². The predicted molar refractivity (Wildman–Crippen MR) is 54.5 cm³/mol. The highest BCUT2D eigenvalue weighted by atomic mass is 32.2. The zero-order chi connectivity index (χ0) is 11.3. The molecule has 0 radical (unpaired) electrons. The third kappa shape index (κ3) is 1.55. The zero-order valence-corrected chi connectivity index (χ0v) is 9.14. The molecule has 0 aliphatic heterocycles. The number of nitrogens with two attached hydrogens (primary N) is 1. The van der Waals surface area contributed by atoms with E-state index in [0.29, 0.717) is 18.4 Å². The smallest absolute Gasteiger partial charge is 0.196 e. The molecule has 2 rings (SSSR count). The van der Waals surface area contributed by atoms with Gasteiger partial charge in [-0.2, -0.15) is 0 Å². The fourth-order valence-electron chi connectivity index (χ4n) is 1.41. The lowest BCUT2D eigenvalue weighted by Crippen LogP contribution is -2.32. The Kier molecular flexibility index (Phi) is 2.13. The van der Waals surface area contributed by atoms with Crippen LogP contribution < -0.4 is 5.73 Å². The van der Waals surface area contributed by atoms with E-state index in [2.05, 4.69) is 0 Å². The van der Waals surface area contributed by atoms with Crippen LogP contribution in [0.2, 0.25) is 0 Å². The maximum Gasteiger partial charge on any atom is 0.196 e. The zero-order valence-electron chi connectivity index (χ0n) is 8.33. The van der Waals surface area contributed by atoms with Gasteiger partial charge in [0.1, 0.15) is 10.7 Å². The molecule has 0 saturated heterocycles. The summed E-state index contributed by atoms with van der Waals surface area (Å²) in [4.78, 5) is -1.00. The Morgan fingerprint density at radius 3 is 2.47 bits per heavy atom. The minimum Gasteiger partial charge on any atom is -0.312 e. The topological polar surface area (TPSA) is 60.2 Å². The van der Waals surface area contributed by atoms with Gasteiger partial charge in [-0.1, -0.05) is 0 Å². The van der Waals surface area contributed by atoms with Crippen molar-refractivity contribution in [1.29, 1.82) is 0 Å². The third-order valence-electron chi connectivity index (χ3n) is 2.72. The quantitative estimate of drug-likeness (QED) is 0.779. The summed E-state index contributed by atoms with van der Waals surface area (Å²) in [5.74, 6) is -0.407. The summed E-state index contributed by atoms with van der Waals surface area (Å²) < 4.78 is 36.8. The lowest BCUT2D eigenvalue weighted by Gasteiger charge is -2.11. The molecule has 5 heteroatoms. The maximum absolute atomic E-state index is 13.0. The van der Waals surface area contributed by atoms with Crippen LogP contribution in [0, 0.1) is 12.7 Å². The predicted octanol–water partition coefficient (Wildman–Crippen LogP) is 1.36. The lowest BCUT2D eigenvalue weighted by atomic mass is 10.2. The van der Waals surface area contributed by atoms with E-state index in [9.17, 15) is 12.8 Å². The Morgan fingerprint density at radius 1 is 1.40 bits per heavy atom. The Labute approximate surface area is 88.0 Å². The first-order chi connectivity index (χ1) is 6.87. The van der Waals surface area contributed by atoms with Gasteiger partial charge in [-0.15, -0.1) is 0 Å². The van der Waals surface area contributed by atoms with Gasteiger partial charge in [0.25, 0.3) is 0 Å². The second-order valence-corrected chi connectivity index (χ2v) is 6.27. The van der Waals surface area contributed by atoms with Crippen molar-refractivity contribution < 1.29 is 12.8 Å². The average Bonchev–Trinajstić information content (AvgIpc) is 2.90. The second kappa shape index (κ2) is 3.02. The first kappa shape index (κ1) is 10.6. The van der Waals surface area contributed by atoms with Gasteiger partial charge in [0.05, 0.1) is 4.90 Å². The molecule has 1 aliphatic rings. The molecule has 0 atom stereocenters. The third-order valence-corrected chi connectivity index (χ3v) is 5.07. The van der Waals surface area contributed by atoms with Crippen molar-refractivity contribution in [3.05, 3.63) is 29.6 Å². The molecule has 0 spiro atoms. The molecule has 0 amide bonds. The van der Waals surface area contributed by atoms with Crippen LogP contribution in [0.15, 0.2) is 23.1 Å². The van der Waals surface area contributed by atoms with Crippen molar-refractivity contribution in [1.82, 2.24) is 0 Å². The Hall–Kier alpha value is -0.940. The normalized spacial score (nSPS) is 18.9. The minimum atomic E-state index is -3.49. The van der Waals surface area contributed by atoms with Crippen molar-refractivity contribution in [3.63, 3.8) is 0 Å². The molecule has 0 bridgehead atoms. The average molecular weight is 229 g/mol. The van der Waals surface area contributed by atoms with Gasteiger partial charge >= 0.3 is 0 Å². The Bertz CT molecular complexity index is 506. The Balaban J connectivity index is 2.51. The Morgan fingerprint density at radius 2 is 2.00 bits per heavy atom. The second-order valence-electron chi connectivity index (χ2n) is 3.98. The largest absolute Gasteiger partial charge is 0.312 e. The van der Waals surface area contributed by atoms with Crippen LogP contribution in [0.5, 0.6) is 0 Å². The standard InChI is InChI=1S/C10H12FNO2S/c1-7-6-8(2-3-9(7)11)15(13,14)10(12)4-5-10/h2-3,6H,4-5,12H2,1H3. The highest BCUT2D eigenvalue weighted by Gasteiger charge is 2.51. The van der Waals surface area contributed by atoms with Crippen LogP contribution in [0.25, 0.3) is 0 Å². The molecule has 1 aromatic rings. The van der Waals surface area contributed by atoms with Crippen LogP contribution in [0.1, 0.15) is 18.4 Å². The molecular weight excluding hydrogens is 217 g/mol. The lowest BCUT2D eigenvalue weighted by molar-refractivity contribution is 0.577. The molecular formula is C10H12FNO2S. The number of hydrogen-bond acceptors (Lipinski definition) is 3. The molecule has 1 aliphatic carbocycles. The van der Waals surface area contributed by atoms with Crippen LogP contribution >= 0.6 is 0 Å². The van der Waals surface area contributed by atoms with E-state index in [1.54, 1.807) is 0 Å². The van der Waals surface area contributed by atoms with E-state index in [1.165, 1.54) is 19.1 Å². The van der Waals surface area contributed by atoms with Crippen LogP contribution in [-0.2, 0) is 9.84 Å². The molecule has 1 aromatic carbocycles. The molecule has 82 valence electrons. The van der Waals surface area contributed by atoms with Crippen LogP contribution in [0.4, 0.5) is 4.39 Å². The van der Waals surface area contributed by atoms with E-state index >= 15 is 0 Å². The molecule has 1 fully saturated rings. The summed E-state index contributed by atoms with van der Waals surface area (Å²) in [5.41, 5.74) is 5.98. The first-order valence-electron chi connectivity index (χ1n) is 4.66. The fourth-order valence-corrected chi connectivity index (χ4v) is 3.10. The number of aryl methyl sites for hydroxylation is 1. The summed E-state index contributed by atoms with van der Waals surface area (Å²) in [5, 5.41) is 0. The summed E-state index contributed by atoms with van der Waals surface area (Å²) in [6.45, 7) is 1.53. The number of sulfone groups is 1. The monoisotopic (exact) mass is 229 g/mol. The molecule has 1 saturated carbocycles. The summed E-state index contributed by atoms with van der Waals surface area (Å²) in [6.07, 6.45) is 0.956. The van der Waals surface area contributed by atoms with E-state index < -0.39 is 20.5 Å². The number of rotatable bonds is 2. The number of hydrogen-bond donors (Lipinski definition) is 1. The van der Waals surface area contributed by atoms with Gasteiger partial charge in [0, 0.05) is 0 Å². The van der Waals surface area contributed by atoms with E-state index in [0.717, 1.165) is 6.07 Å². The van der Waals surface area contributed by atoms with E-state index in [-0.39, 0.29) is 4.90 Å². The van der Waals surface area contributed by atoms with Crippen molar-refractivity contribution in [2.24, 2.45) is 5.73 Å². The SMILES string of the molecule is Cc1cc(S(=O)(=O)C2(N)CC2)ccc1F. The van der Waals surface area contributed by atoms with Crippen molar-refractivity contribution >= 4 is 9.84 Å². The van der Waals surface area contributed by atoms with Gasteiger partial charge in [-0.3, -0.25) is 0 Å². The summed E-state index contributed by atoms with van der Waals surface area (Å²) >= 11 is 0. The van der Waals surface area contributed by atoms with Gasteiger partial charge in [0.15, 0.2) is 9.84 Å². The van der Waals surface area contributed by atoms with Gasteiger partial charge in [-0.05, 0) is 43.5 Å². The van der Waals surface area contributed by atoms with Crippen molar-refractivity contribution in [3.8, 4) is 0 Å². The molecule has 15 heavy (non-hydrogen) atoms. The number of halogens is 1. The number of benzene rings is 1. The minimum absolute atomic E-state index is 0.112. The molecule has 3 nitrogen and oxygen atoms in total. The van der Waals surface area contributed by atoms with Gasteiger partial charge < -0.3 is 5.73 Å². The fraction of sp³-hybridized carbons (Fsp3) is 0.400. The maximum atomic E-state index is 13.0. The summed E-state index contributed by atoms with van der Waals surface area (Å²) in [7, 11) is -3.49. The molecule has 0 heterocycles. The van der Waals surface area contributed by atoms with Gasteiger partial charge in [0.2, 0.25) is 0 Å².